The maximum Gasteiger partial charge on any atom is 0.143 e. The number of hydrogen-bond acceptors (Lipinski definition) is 1. The molecular formula is C15H20O. The van der Waals surface area contributed by atoms with Gasteiger partial charge in [0.25, 0.3) is 0 Å². The fraction of sp³-hybridized carbons (Fsp3) is 0.400. The number of carbonyl (C=O) groups is 1. The van der Waals surface area contributed by atoms with E-state index in [4.69, 9.17) is 0 Å². The molecule has 0 bridgehead atoms. The minimum absolute atomic E-state index is 0.191. The van der Waals surface area contributed by atoms with Gasteiger partial charge in [-0.15, -0.1) is 0 Å². The number of carbonyl (C=O) groups excluding carboxylic acids is 1. The Bertz CT molecular complexity index is 390. The quantitative estimate of drug-likeness (QED) is 0.396. The second-order valence-corrected chi connectivity index (χ2v) is 4.97. The molecule has 0 saturated heterocycles. The number of rotatable bonds is 3. The number of aldehydes is 1. The first-order valence-electron chi connectivity index (χ1n) is 5.65. The SMILES string of the molecule is CC1=C(/C=C/C(C)=C/C=O)C(C)(C)CC=C1. The molecule has 0 aromatic heterocycles. The summed E-state index contributed by atoms with van der Waals surface area (Å²) in [6, 6.07) is 0. The minimum Gasteiger partial charge on any atom is -0.299 e. The Kier molecular flexibility index (Phi) is 4.05. The zero-order valence-electron chi connectivity index (χ0n) is 10.6. The molecule has 16 heavy (non-hydrogen) atoms. The van der Waals surface area contributed by atoms with Crippen LogP contribution in [0.25, 0.3) is 0 Å². The van der Waals surface area contributed by atoms with E-state index in [-0.39, 0.29) is 5.41 Å². The second-order valence-electron chi connectivity index (χ2n) is 4.97. The molecular weight excluding hydrogens is 196 g/mol. The van der Waals surface area contributed by atoms with E-state index < -0.39 is 0 Å². The molecule has 1 heteroatoms. The van der Waals surface area contributed by atoms with Gasteiger partial charge in [-0.05, 0) is 48.5 Å². The fourth-order valence-electron chi connectivity index (χ4n) is 2.00. The normalized spacial score (nSPS) is 20.6. The Morgan fingerprint density at radius 1 is 1.44 bits per heavy atom. The molecule has 0 saturated carbocycles. The van der Waals surface area contributed by atoms with Crippen LogP contribution >= 0.6 is 0 Å². The van der Waals surface area contributed by atoms with Crippen molar-refractivity contribution in [3.63, 3.8) is 0 Å². The van der Waals surface area contributed by atoms with Gasteiger partial charge in [-0.3, -0.25) is 4.79 Å². The summed E-state index contributed by atoms with van der Waals surface area (Å²) in [4.78, 5) is 10.3. The highest BCUT2D eigenvalue weighted by atomic mass is 16.1. The van der Waals surface area contributed by atoms with Crippen LogP contribution in [0.5, 0.6) is 0 Å². The monoisotopic (exact) mass is 216 g/mol. The van der Waals surface area contributed by atoms with Crippen molar-refractivity contribution >= 4 is 6.29 Å². The van der Waals surface area contributed by atoms with Crippen LogP contribution in [0.15, 0.2) is 47.1 Å². The highest BCUT2D eigenvalue weighted by Crippen LogP contribution is 2.37. The van der Waals surface area contributed by atoms with Gasteiger partial charge < -0.3 is 0 Å². The summed E-state index contributed by atoms with van der Waals surface area (Å²) in [6.07, 6.45) is 12.0. The molecule has 0 aromatic carbocycles. The Morgan fingerprint density at radius 2 is 2.12 bits per heavy atom. The molecule has 0 spiro atoms. The van der Waals surface area contributed by atoms with E-state index >= 15 is 0 Å². The highest BCUT2D eigenvalue weighted by molar-refractivity contribution is 5.67. The largest absolute Gasteiger partial charge is 0.299 e. The summed E-state index contributed by atoms with van der Waals surface area (Å²) >= 11 is 0. The van der Waals surface area contributed by atoms with Gasteiger partial charge >= 0.3 is 0 Å². The van der Waals surface area contributed by atoms with Crippen LogP contribution < -0.4 is 0 Å². The average Bonchev–Trinajstić information content (AvgIpc) is 2.16. The summed E-state index contributed by atoms with van der Waals surface area (Å²) < 4.78 is 0. The van der Waals surface area contributed by atoms with Crippen LogP contribution in [0.4, 0.5) is 0 Å². The Morgan fingerprint density at radius 3 is 2.69 bits per heavy atom. The van der Waals surface area contributed by atoms with Gasteiger partial charge in [-0.1, -0.05) is 38.2 Å². The zero-order chi connectivity index (χ0) is 12.2. The van der Waals surface area contributed by atoms with Gasteiger partial charge in [0, 0.05) is 0 Å². The molecule has 0 radical (unpaired) electrons. The van der Waals surface area contributed by atoms with Gasteiger partial charge in [0.15, 0.2) is 0 Å². The first kappa shape index (κ1) is 12.7. The van der Waals surface area contributed by atoms with Crippen molar-refractivity contribution in [1.82, 2.24) is 0 Å². The van der Waals surface area contributed by atoms with E-state index in [1.165, 1.54) is 11.1 Å². The van der Waals surface area contributed by atoms with E-state index in [2.05, 4.69) is 39.0 Å². The molecule has 86 valence electrons. The standard InChI is InChI=1S/C15H20O/c1-12(9-11-16)7-8-14-13(2)6-5-10-15(14,3)4/h5-9,11H,10H2,1-4H3/b8-7+,12-9+. The Hall–Kier alpha value is -1.37. The van der Waals surface area contributed by atoms with Gasteiger partial charge in [0.1, 0.15) is 6.29 Å². The highest BCUT2D eigenvalue weighted by Gasteiger charge is 2.23. The second kappa shape index (κ2) is 5.11. The molecule has 0 aliphatic heterocycles. The maximum atomic E-state index is 10.3. The molecule has 0 amide bonds. The third-order valence-electron chi connectivity index (χ3n) is 2.99. The summed E-state index contributed by atoms with van der Waals surface area (Å²) in [6.45, 7) is 8.57. The van der Waals surface area contributed by atoms with Crippen LogP contribution in [-0.4, -0.2) is 6.29 Å². The first-order chi connectivity index (χ1) is 7.47. The lowest BCUT2D eigenvalue weighted by Crippen LogP contribution is -2.16. The molecule has 1 aliphatic rings. The predicted octanol–water partition coefficient (Wildman–Crippen LogP) is 3.99. The topological polar surface area (TPSA) is 17.1 Å². The molecule has 0 aromatic rings. The molecule has 1 rings (SSSR count). The van der Waals surface area contributed by atoms with Crippen molar-refractivity contribution in [2.45, 2.75) is 34.1 Å². The van der Waals surface area contributed by atoms with Gasteiger partial charge in [0.2, 0.25) is 0 Å². The van der Waals surface area contributed by atoms with Gasteiger partial charge in [-0.25, -0.2) is 0 Å². The van der Waals surface area contributed by atoms with E-state index in [0.717, 1.165) is 18.3 Å². The Balaban J connectivity index is 2.98. The van der Waals surface area contributed by atoms with Crippen molar-refractivity contribution in [3.8, 4) is 0 Å². The first-order valence-corrected chi connectivity index (χ1v) is 5.65. The maximum absolute atomic E-state index is 10.3. The van der Waals surface area contributed by atoms with Crippen molar-refractivity contribution in [3.05, 3.63) is 47.1 Å². The summed E-state index contributed by atoms with van der Waals surface area (Å²) in [5.41, 5.74) is 3.84. The molecule has 0 fully saturated rings. The van der Waals surface area contributed by atoms with Crippen LogP contribution in [-0.2, 0) is 4.79 Å². The molecule has 0 heterocycles. The molecule has 0 unspecified atom stereocenters. The predicted molar refractivity (Wildman–Crippen MR) is 69.2 cm³/mol. The molecule has 0 atom stereocenters. The Labute approximate surface area is 98.2 Å². The molecule has 0 N–H and O–H groups in total. The zero-order valence-corrected chi connectivity index (χ0v) is 10.6. The van der Waals surface area contributed by atoms with E-state index in [1.54, 1.807) is 6.08 Å². The summed E-state index contributed by atoms with van der Waals surface area (Å²) in [7, 11) is 0. The van der Waals surface area contributed by atoms with Crippen molar-refractivity contribution in [2.24, 2.45) is 5.41 Å². The van der Waals surface area contributed by atoms with Crippen LogP contribution in [0.3, 0.4) is 0 Å². The average molecular weight is 216 g/mol. The van der Waals surface area contributed by atoms with Crippen molar-refractivity contribution in [1.29, 1.82) is 0 Å². The minimum atomic E-state index is 0.191. The lowest BCUT2D eigenvalue weighted by Gasteiger charge is -2.29. The number of allylic oxidation sites excluding steroid dienone is 8. The van der Waals surface area contributed by atoms with E-state index in [9.17, 15) is 4.79 Å². The van der Waals surface area contributed by atoms with Crippen molar-refractivity contribution in [2.75, 3.05) is 0 Å². The van der Waals surface area contributed by atoms with Crippen LogP contribution in [0.1, 0.15) is 34.1 Å². The molecule has 1 nitrogen and oxygen atoms in total. The van der Waals surface area contributed by atoms with Gasteiger partial charge in [0.05, 0.1) is 0 Å². The molecule has 1 aliphatic carbocycles. The lowest BCUT2D eigenvalue weighted by atomic mass is 9.75. The smallest absolute Gasteiger partial charge is 0.143 e. The third kappa shape index (κ3) is 3.06. The fourth-order valence-corrected chi connectivity index (χ4v) is 2.00. The van der Waals surface area contributed by atoms with E-state index in [1.807, 2.05) is 13.0 Å². The van der Waals surface area contributed by atoms with Crippen LogP contribution in [0, 0.1) is 5.41 Å². The third-order valence-corrected chi connectivity index (χ3v) is 2.99. The lowest BCUT2D eigenvalue weighted by molar-refractivity contribution is -0.104. The summed E-state index contributed by atoms with van der Waals surface area (Å²) in [5, 5.41) is 0. The number of hydrogen-bond donors (Lipinski definition) is 0. The van der Waals surface area contributed by atoms with E-state index in [0.29, 0.717) is 0 Å². The van der Waals surface area contributed by atoms with Gasteiger partial charge in [-0.2, -0.15) is 0 Å². The van der Waals surface area contributed by atoms with Crippen molar-refractivity contribution < 1.29 is 4.79 Å². The van der Waals surface area contributed by atoms with Crippen LogP contribution in [0.2, 0.25) is 0 Å². The summed E-state index contributed by atoms with van der Waals surface area (Å²) in [5.74, 6) is 0.